The van der Waals surface area contributed by atoms with Crippen molar-refractivity contribution < 1.29 is 14.4 Å². The molecule has 0 heterocycles. The Labute approximate surface area is 52.0 Å². The molecular weight excluding hydrogens is 120 g/mol. The van der Waals surface area contributed by atoms with Gasteiger partial charge in [0, 0.05) is 0 Å². The van der Waals surface area contributed by atoms with Gasteiger partial charge in [0.15, 0.2) is 0 Å². The highest BCUT2D eigenvalue weighted by Crippen LogP contribution is 2.05. The molecule has 1 saturated carbocycles. The summed E-state index contributed by atoms with van der Waals surface area (Å²) in [5, 5.41) is 0. The van der Waals surface area contributed by atoms with Crippen molar-refractivity contribution in [2.75, 3.05) is 0 Å². The summed E-state index contributed by atoms with van der Waals surface area (Å²) in [4.78, 5) is 31.3. The normalized spacial score (nSPS) is 20.7. The summed E-state index contributed by atoms with van der Waals surface area (Å²) in [7, 11) is 0. The summed E-state index contributed by atoms with van der Waals surface area (Å²) in [5.41, 5.74) is 0. The zero-order chi connectivity index (χ0) is 6.85. The highest BCUT2D eigenvalue weighted by Gasteiger charge is 2.22. The average Bonchev–Trinajstić information content (AvgIpc) is 1.59. The third kappa shape index (κ3) is 1.45. The monoisotopic (exact) mass is 126 g/mol. The molecule has 3 nitrogen and oxygen atoms in total. The lowest BCUT2D eigenvalue weighted by atomic mass is 9.97. The van der Waals surface area contributed by atoms with Crippen LogP contribution in [0.1, 0.15) is 19.3 Å². The van der Waals surface area contributed by atoms with E-state index >= 15 is 0 Å². The van der Waals surface area contributed by atoms with Crippen LogP contribution >= 0.6 is 0 Å². The Kier molecular flexibility index (Phi) is 1.42. The zero-order valence-corrected chi connectivity index (χ0v) is 4.85. The maximum atomic E-state index is 10.4. The fraction of sp³-hybridized carbons (Fsp3) is 0.500. The summed E-state index contributed by atoms with van der Waals surface area (Å²) in [6.45, 7) is 0. The first-order chi connectivity index (χ1) is 4.18. The molecule has 48 valence electrons. The number of ketones is 3. The summed E-state index contributed by atoms with van der Waals surface area (Å²) in [6.07, 6.45) is -0.108. The van der Waals surface area contributed by atoms with E-state index in [1.54, 1.807) is 0 Å². The van der Waals surface area contributed by atoms with Gasteiger partial charge in [-0.15, -0.1) is 0 Å². The third-order valence-corrected chi connectivity index (χ3v) is 1.18. The van der Waals surface area contributed by atoms with Crippen molar-refractivity contribution in [1.82, 2.24) is 0 Å². The summed E-state index contributed by atoms with van der Waals surface area (Å²) < 4.78 is 0. The number of Topliss-reactive ketones (excluding diaryl/α,β-unsaturated/α-hetero) is 3. The minimum atomic E-state index is -0.240. The molecule has 0 radical (unpaired) electrons. The van der Waals surface area contributed by atoms with Gasteiger partial charge >= 0.3 is 0 Å². The van der Waals surface area contributed by atoms with E-state index in [4.69, 9.17) is 0 Å². The van der Waals surface area contributed by atoms with Crippen LogP contribution in [0.2, 0.25) is 0 Å². The number of hydrogen-bond acceptors (Lipinski definition) is 3. The van der Waals surface area contributed by atoms with Gasteiger partial charge in [-0.25, -0.2) is 0 Å². The van der Waals surface area contributed by atoms with Gasteiger partial charge < -0.3 is 0 Å². The smallest absolute Gasteiger partial charge is 0.147 e. The highest BCUT2D eigenvalue weighted by molar-refractivity contribution is 6.18. The van der Waals surface area contributed by atoms with E-state index in [1.165, 1.54) is 0 Å². The molecule has 0 atom stereocenters. The molecule has 0 spiro atoms. The maximum absolute atomic E-state index is 10.4. The van der Waals surface area contributed by atoms with Crippen LogP contribution in [0.3, 0.4) is 0 Å². The molecule has 0 bridgehead atoms. The Balaban J connectivity index is 2.64. The Morgan fingerprint density at radius 2 is 0.889 bits per heavy atom. The topological polar surface area (TPSA) is 51.2 Å². The van der Waals surface area contributed by atoms with Gasteiger partial charge in [-0.05, 0) is 0 Å². The fourth-order valence-corrected chi connectivity index (χ4v) is 0.847. The lowest BCUT2D eigenvalue weighted by Gasteiger charge is -2.04. The van der Waals surface area contributed by atoms with Gasteiger partial charge in [-0.2, -0.15) is 0 Å². The first-order valence-corrected chi connectivity index (χ1v) is 2.73. The van der Waals surface area contributed by atoms with Crippen molar-refractivity contribution in [3.8, 4) is 0 Å². The van der Waals surface area contributed by atoms with Crippen LogP contribution in [0.15, 0.2) is 0 Å². The maximum Gasteiger partial charge on any atom is 0.147 e. The Morgan fingerprint density at radius 1 is 0.667 bits per heavy atom. The predicted octanol–water partition coefficient (Wildman–Crippen LogP) is -0.122. The first kappa shape index (κ1) is 6.13. The van der Waals surface area contributed by atoms with Crippen molar-refractivity contribution >= 4 is 17.3 Å². The molecule has 0 saturated heterocycles. The van der Waals surface area contributed by atoms with Gasteiger partial charge in [-0.3, -0.25) is 14.4 Å². The molecule has 0 aromatic heterocycles. The second-order valence-corrected chi connectivity index (χ2v) is 2.15. The zero-order valence-electron chi connectivity index (χ0n) is 4.85. The van der Waals surface area contributed by atoms with E-state index < -0.39 is 0 Å². The van der Waals surface area contributed by atoms with Crippen molar-refractivity contribution in [2.24, 2.45) is 0 Å². The van der Waals surface area contributed by atoms with Gasteiger partial charge in [0.2, 0.25) is 0 Å². The van der Waals surface area contributed by atoms with Crippen LogP contribution in [0, 0.1) is 0 Å². The van der Waals surface area contributed by atoms with E-state index in [2.05, 4.69) is 0 Å². The molecule has 1 fully saturated rings. The minimum Gasteiger partial charge on any atom is -0.299 e. The van der Waals surface area contributed by atoms with Crippen LogP contribution < -0.4 is 0 Å². The quantitative estimate of drug-likeness (QED) is 0.425. The number of rotatable bonds is 0. The molecule has 3 heteroatoms. The fourth-order valence-electron chi connectivity index (χ4n) is 0.847. The molecule has 0 N–H and O–H groups in total. The summed E-state index contributed by atoms with van der Waals surface area (Å²) in [6, 6.07) is 0. The largest absolute Gasteiger partial charge is 0.299 e. The molecule has 0 unspecified atom stereocenters. The highest BCUT2D eigenvalue weighted by atomic mass is 16.2. The van der Waals surface area contributed by atoms with Gasteiger partial charge in [-0.1, -0.05) is 0 Å². The molecule has 0 aromatic rings. The van der Waals surface area contributed by atoms with E-state index in [9.17, 15) is 14.4 Å². The first-order valence-electron chi connectivity index (χ1n) is 2.73. The third-order valence-electron chi connectivity index (χ3n) is 1.18. The van der Waals surface area contributed by atoms with Crippen molar-refractivity contribution in [2.45, 2.75) is 19.3 Å². The SMILES string of the molecule is O=C1CC(=O)CC(=O)C1. The number of carbonyl (C=O) groups is 3. The Bertz CT molecular complexity index is 135. The van der Waals surface area contributed by atoms with Crippen LogP contribution in [0.4, 0.5) is 0 Å². The van der Waals surface area contributed by atoms with Gasteiger partial charge in [0.25, 0.3) is 0 Å². The molecule has 1 aliphatic rings. The number of carbonyl (C=O) groups excluding carboxylic acids is 3. The van der Waals surface area contributed by atoms with Crippen LogP contribution in [0.5, 0.6) is 0 Å². The second kappa shape index (κ2) is 2.09. The number of hydrogen-bond donors (Lipinski definition) is 0. The average molecular weight is 126 g/mol. The Morgan fingerprint density at radius 3 is 1.11 bits per heavy atom. The molecule has 1 aliphatic carbocycles. The molecule has 1 rings (SSSR count). The van der Waals surface area contributed by atoms with E-state index in [1.807, 2.05) is 0 Å². The van der Waals surface area contributed by atoms with E-state index in [0.29, 0.717) is 0 Å². The van der Waals surface area contributed by atoms with Crippen LogP contribution in [-0.2, 0) is 14.4 Å². The van der Waals surface area contributed by atoms with Crippen molar-refractivity contribution in [3.63, 3.8) is 0 Å². The molecule has 0 amide bonds. The van der Waals surface area contributed by atoms with E-state index in [0.717, 1.165) is 0 Å². The van der Waals surface area contributed by atoms with E-state index in [-0.39, 0.29) is 36.6 Å². The lowest BCUT2D eigenvalue weighted by Crippen LogP contribution is -2.21. The lowest BCUT2D eigenvalue weighted by molar-refractivity contribution is -0.136. The molecule has 0 aliphatic heterocycles. The van der Waals surface area contributed by atoms with Gasteiger partial charge in [0.1, 0.15) is 17.3 Å². The second-order valence-electron chi connectivity index (χ2n) is 2.15. The molecule has 9 heavy (non-hydrogen) atoms. The Hall–Kier alpha value is -0.990. The minimum absolute atomic E-state index is 0.0360. The van der Waals surface area contributed by atoms with Crippen LogP contribution in [-0.4, -0.2) is 17.3 Å². The van der Waals surface area contributed by atoms with Crippen molar-refractivity contribution in [3.05, 3.63) is 0 Å². The predicted molar refractivity (Wildman–Crippen MR) is 28.9 cm³/mol. The van der Waals surface area contributed by atoms with Crippen molar-refractivity contribution in [1.29, 1.82) is 0 Å². The summed E-state index contributed by atoms with van der Waals surface area (Å²) in [5.74, 6) is -0.719. The summed E-state index contributed by atoms with van der Waals surface area (Å²) >= 11 is 0. The van der Waals surface area contributed by atoms with Gasteiger partial charge in [0.05, 0.1) is 19.3 Å². The standard InChI is InChI=1S/C6H6O3/c7-4-1-5(8)3-6(9)2-4/h1-3H2. The van der Waals surface area contributed by atoms with Crippen LogP contribution in [0.25, 0.3) is 0 Å². The molecular formula is C6H6O3. The molecule has 0 aromatic carbocycles.